The van der Waals surface area contributed by atoms with Gasteiger partial charge in [0.15, 0.2) is 17.1 Å². The summed E-state index contributed by atoms with van der Waals surface area (Å²) in [4.78, 5) is 147. The van der Waals surface area contributed by atoms with Crippen LogP contribution in [-0.4, -0.2) is 245 Å². The number of alkyl halides is 8. The Bertz CT molecular complexity index is 5340. The third-order valence-corrected chi connectivity index (χ3v) is 27.9. The van der Waals surface area contributed by atoms with Gasteiger partial charge in [-0.15, -0.1) is 0 Å². The number of alkyl carbamates (subject to hydrolysis) is 3. The second kappa shape index (κ2) is 42.9. The molecular formula is C95H117F8N12O20V3-3. The average molecular weight is 2050 g/mol. The fourth-order valence-corrected chi connectivity index (χ4v) is 19.8. The van der Waals surface area contributed by atoms with E-state index in [9.17, 15) is 43.2 Å². The summed E-state index contributed by atoms with van der Waals surface area (Å²) in [5, 5.41) is 8.15. The van der Waals surface area contributed by atoms with Gasteiger partial charge >= 0.3 is 42.0 Å². The van der Waals surface area contributed by atoms with E-state index in [1.807, 2.05) is 25.8 Å². The molecule has 3 aromatic carbocycles. The molecule has 20 atom stereocenters. The van der Waals surface area contributed by atoms with Crippen LogP contribution in [0.3, 0.4) is 0 Å². The first kappa shape index (κ1) is 109. The van der Waals surface area contributed by atoms with E-state index in [1.165, 1.54) is 66.4 Å². The van der Waals surface area contributed by atoms with Crippen LogP contribution in [0.2, 0.25) is 0 Å². The maximum absolute atomic E-state index is 15.9. The number of carbonyl (C=O) groups is 6. The molecule has 138 heavy (non-hydrogen) atoms. The Balaban J connectivity index is 0.000000196. The summed E-state index contributed by atoms with van der Waals surface area (Å²) in [7, 11) is 4.34. The molecule has 32 nitrogen and oxygen atoms in total. The minimum Gasteiger partial charge on any atom is -0.540 e. The molecule has 4 saturated carbocycles. The van der Waals surface area contributed by atoms with Gasteiger partial charge in [-0.25, -0.2) is 63.1 Å². The third kappa shape index (κ3) is 23.3. The number of carbonyl (C=O) groups excluding carboxylic acids is 9. The first-order valence-corrected chi connectivity index (χ1v) is 45.8. The Kier molecular flexibility index (Phi) is 34.0. The van der Waals surface area contributed by atoms with Crippen LogP contribution in [0.15, 0.2) is 54.6 Å². The van der Waals surface area contributed by atoms with Gasteiger partial charge in [0.25, 0.3) is 0 Å². The van der Waals surface area contributed by atoms with Crippen LogP contribution >= 0.6 is 0 Å². The summed E-state index contributed by atoms with van der Waals surface area (Å²) < 4.78 is 188. The first-order valence-electron chi connectivity index (χ1n) is 45.8. The van der Waals surface area contributed by atoms with Gasteiger partial charge in [0.05, 0.1) is 74.1 Å². The van der Waals surface area contributed by atoms with E-state index in [-0.39, 0.29) is 159 Å². The predicted octanol–water partition coefficient (Wildman–Crippen LogP) is 13.7. The summed E-state index contributed by atoms with van der Waals surface area (Å²) in [5.74, 6) is -20.4. The summed E-state index contributed by atoms with van der Waals surface area (Å²) >= 11 is 0. The van der Waals surface area contributed by atoms with E-state index in [4.69, 9.17) is 52.1 Å². The van der Waals surface area contributed by atoms with Crippen LogP contribution in [-0.2, 0) is 126 Å². The summed E-state index contributed by atoms with van der Waals surface area (Å²) in [6.07, 6.45) is 3.32. The van der Waals surface area contributed by atoms with Crippen molar-refractivity contribution in [1.82, 2.24) is 60.6 Å². The second-order valence-electron chi connectivity index (χ2n) is 40.4. The number of benzene rings is 3. The number of fused-ring (bicyclic) bond motifs is 17. The molecule has 3 aromatic heterocycles. The van der Waals surface area contributed by atoms with Gasteiger partial charge in [0.2, 0.25) is 35.4 Å². The minimum atomic E-state index is -4.79. The molecule has 10 aliphatic rings. The molecule has 16 rings (SSSR count). The monoisotopic (exact) mass is 2050 g/mol. The number of hydrogen-bond donors (Lipinski definition) is 3. The van der Waals surface area contributed by atoms with Gasteiger partial charge < -0.3 is 97.1 Å². The zero-order valence-electron chi connectivity index (χ0n) is 79.7. The number of aromatic nitrogens is 6. The Morgan fingerprint density at radius 1 is 0.449 bits per heavy atom. The van der Waals surface area contributed by atoms with Gasteiger partial charge in [0, 0.05) is 105 Å². The van der Waals surface area contributed by atoms with Gasteiger partial charge in [-0.1, -0.05) is 108 Å². The summed E-state index contributed by atoms with van der Waals surface area (Å²) in [5.41, 5.74) is -5.03. The van der Waals surface area contributed by atoms with Crippen molar-refractivity contribution in [2.75, 3.05) is 67.4 Å². The molecule has 6 aromatic rings. The topological polar surface area (TPSA) is 378 Å². The fraction of sp³-hybridized carbons (Fsp3) is 0.653. The molecule has 751 valence electrons. The maximum Gasteiger partial charge on any atom is 0.408 e. The van der Waals surface area contributed by atoms with E-state index >= 15 is 35.1 Å². The third-order valence-electron chi connectivity index (χ3n) is 27.9. The molecule has 6 aliphatic heterocycles. The van der Waals surface area contributed by atoms with Crippen LogP contribution in [0.25, 0.3) is 33.1 Å². The first-order chi connectivity index (χ1) is 63.6. The second-order valence-corrected chi connectivity index (χ2v) is 40.4. The number of halogens is 8. The van der Waals surface area contributed by atoms with Crippen molar-refractivity contribution in [3.8, 4) is 34.9 Å². The molecule has 4 aliphatic carbocycles. The molecule has 3 N–H and O–H groups in total. The minimum absolute atomic E-state index is 0. The zero-order valence-corrected chi connectivity index (χ0v) is 83.8. The van der Waals surface area contributed by atoms with Crippen molar-refractivity contribution in [2.45, 2.75) is 263 Å². The van der Waals surface area contributed by atoms with E-state index < -0.39 is 220 Å². The van der Waals surface area contributed by atoms with Crippen LogP contribution in [0.1, 0.15) is 184 Å². The van der Waals surface area contributed by atoms with Crippen molar-refractivity contribution >= 4 is 88.0 Å². The maximum atomic E-state index is 15.9. The molecule has 2 unspecified atom stereocenters. The molecule has 6 bridgehead atoms. The molecule has 3 radical (unpaired) electrons. The summed E-state index contributed by atoms with van der Waals surface area (Å²) in [6, 6.07) is 7.02. The fourth-order valence-electron chi connectivity index (χ4n) is 19.8. The van der Waals surface area contributed by atoms with Gasteiger partial charge in [-0.05, 0) is 159 Å². The quantitative estimate of drug-likeness (QED) is 0.0759. The molecular weight excluding hydrogens is 1930 g/mol. The van der Waals surface area contributed by atoms with Crippen molar-refractivity contribution in [2.24, 2.45) is 63.6 Å². The van der Waals surface area contributed by atoms with E-state index in [0.717, 1.165) is 19.3 Å². The van der Waals surface area contributed by atoms with Gasteiger partial charge in [-0.2, -0.15) is 35.1 Å². The Morgan fingerprint density at radius 2 is 0.841 bits per heavy atom. The van der Waals surface area contributed by atoms with E-state index in [2.05, 4.69) is 45.9 Å². The number of ether oxygens (including phenoxy) is 11. The molecule has 7 fully saturated rings. The zero-order chi connectivity index (χ0) is 97.9. The Labute approximate surface area is 830 Å². The number of nitrogens with one attached hydrogen (secondary N) is 3. The Hall–Kier alpha value is -9.18. The predicted molar refractivity (Wildman–Crippen MR) is 468 cm³/mol. The van der Waals surface area contributed by atoms with Crippen molar-refractivity contribution < 1.29 is 186 Å². The van der Waals surface area contributed by atoms with Crippen molar-refractivity contribution in [3.05, 3.63) is 71.7 Å². The van der Waals surface area contributed by atoms with Gasteiger partial charge in [0.1, 0.15) is 84.7 Å². The van der Waals surface area contributed by atoms with E-state index in [1.54, 1.807) is 107 Å². The average Bonchev–Trinajstić information content (AvgIpc) is 1.56. The van der Waals surface area contributed by atoms with Crippen LogP contribution in [0, 0.1) is 63.6 Å². The SMILES string of the molecule is CC[C@@H]1[C@@H]2CN(C(=O)[C@H](C(C)(C)C)NC(=O)O[C@@H]3C[C@H]3CCCC(F)(F)C(F)(F)c3nc4ccc(OC)cc4nc3O2)[C@@H]1[C-]=O.COc1ccc2nc3c(nc2c1)O[C@H]1CN(C(=O)[C@H](C(C)(C)C)NC(=O)O[C@@H]2CC4CC4[C@H]2CCOCC3(F)F)[C@H]([C-]=O)[C@@H]1C.COc1ccc2nc3c(nc2c1)O[C@H]1CN(C(=O)[C@H](C(C)(C)C)NC(=O)O[C@]2(C)CCC[C@H]2CCOCC3(F)F)[C@H]([C-]=O)[C@@H]1C.[V].[V].[V]. The summed E-state index contributed by atoms with van der Waals surface area (Å²) in [6.45, 7) is 20.4. The Morgan fingerprint density at radius 3 is 1.28 bits per heavy atom. The number of amides is 6. The normalized spacial score (nSPS) is 30.9. The smallest absolute Gasteiger partial charge is 0.408 e. The molecule has 0 spiro atoms. The number of methoxy groups -OCH3 is 3. The molecule has 6 amide bonds. The molecule has 3 saturated heterocycles. The van der Waals surface area contributed by atoms with E-state index in [0.29, 0.717) is 61.2 Å². The van der Waals surface area contributed by atoms with Gasteiger partial charge in [-0.3, -0.25) is 14.4 Å². The van der Waals surface area contributed by atoms with Crippen LogP contribution in [0.4, 0.5) is 49.5 Å². The molecule has 9 heterocycles. The number of nitrogens with zero attached hydrogens (tertiary/aromatic N) is 9. The van der Waals surface area contributed by atoms with Crippen molar-refractivity contribution in [1.29, 1.82) is 0 Å². The van der Waals surface area contributed by atoms with Crippen LogP contribution < -0.4 is 44.4 Å². The number of rotatable bonds is 7. The van der Waals surface area contributed by atoms with Crippen LogP contribution in [0.5, 0.6) is 34.9 Å². The number of hydrogen-bond acceptors (Lipinski definition) is 26. The van der Waals surface area contributed by atoms with Crippen molar-refractivity contribution in [3.63, 3.8) is 0 Å². The largest absolute Gasteiger partial charge is 0.540 e. The standard InChI is InChI=1S/C32H39F2N4O7.C32H41F2N4O7.C31H37F4N4O6.3V/c1-16-23(14-39)38-13-25(16)44-28-26(35-21-7-6-18(42-5)12-22(21)36-28)32(33,34)15-43-9-8-19-20-10-17(20)11-24(19)45-30(41)37-27(29(38)40)31(2,3)4;1-18-23(16-39)38-15-24(18)44-27-25(35-21-10-9-20(42-6)14-22(21)36-27)32(33,34)17-43-13-11-19-8-7-12-31(19,5)45-29(41)37-26(28(38)40)30(2,3)4;1-6-18-21(15-40)39-14-23(18)44-26-24(36-19-10-9-17(43-5)13-20(19)37-26)31(34,35)30(32,33)11-7-8-16-12-22(16)45-28(42)38-25(27(39)41)29(2,3)4;;;/h6-7,12,16-17,19-20,23-25,27H,8-11,13,15H2,1-5H3,(H,37,41);9-10,14,18-19,23-24,26H,7-8,11-13,15,17H2,1-6H3,(H,37,41);9-10,13,16,18,21-23,25H,6-8,11-12,14H2,1-5H3,(H,38,42);;;/q3*-1;;;/t16-,17?,19+,20?,23+,24+,25-,27+;18-,19-,23+,24-,26+,31+;16-,18+,21-,22-,23+,25-;;;/m001.../s1. The molecule has 43 heteroatoms.